The van der Waals surface area contributed by atoms with Gasteiger partial charge in [-0.05, 0) is 26.0 Å². The second-order valence-electron chi connectivity index (χ2n) is 6.52. The van der Waals surface area contributed by atoms with Crippen LogP contribution < -0.4 is 10.6 Å². The maximum Gasteiger partial charge on any atom is 0.224 e. The SMILES string of the molecule is Cc1nn(-c2ccccc2)c(C)c1CC(=O)NCCN1CCNCC1. The summed E-state index contributed by atoms with van der Waals surface area (Å²) >= 11 is 0. The number of benzene rings is 1. The highest BCUT2D eigenvalue weighted by atomic mass is 16.1. The lowest BCUT2D eigenvalue weighted by molar-refractivity contribution is -0.120. The van der Waals surface area contributed by atoms with E-state index in [1.165, 1.54) is 0 Å². The first kappa shape index (κ1) is 17.6. The molecule has 25 heavy (non-hydrogen) atoms. The Labute approximate surface area is 149 Å². The Morgan fingerprint density at radius 2 is 1.92 bits per heavy atom. The van der Waals surface area contributed by atoms with E-state index in [2.05, 4.69) is 20.6 Å². The van der Waals surface area contributed by atoms with Crippen molar-refractivity contribution in [3.63, 3.8) is 0 Å². The third kappa shape index (κ3) is 4.46. The number of hydrogen-bond donors (Lipinski definition) is 2. The molecule has 3 rings (SSSR count). The molecule has 1 aromatic heterocycles. The molecule has 1 aliphatic heterocycles. The van der Waals surface area contributed by atoms with E-state index in [1.807, 2.05) is 48.9 Å². The Bertz CT molecular complexity index is 704. The first-order chi connectivity index (χ1) is 12.1. The van der Waals surface area contributed by atoms with E-state index < -0.39 is 0 Å². The van der Waals surface area contributed by atoms with E-state index in [-0.39, 0.29) is 5.91 Å². The summed E-state index contributed by atoms with van der Waals surface area (Å²) in [6.45, 7) is 9.77. The molecule has 134 valence electrons. The first-order valence-electron chi connectivity index (χ1n) is 8.95. The summed E-state index contributed by atoms with van der Waals surface area (Å²) in [5.74, 6) is 0.0638. The van der Waals surface area contributed by atoms with E-state index in [0.717, 1.165) is 55.4 Å². The van der Waals surface area contributed by atoms with Gasteiger partial charge in [0.05, 0.1) is 17.8 Å². The zero-order valence-corrected chi connectivity index (χ0v) is 15.1. The smallest absolute Gasteiger partial charge is 0.224 e. The molecule has 0 spiro atoms. The van der Waals surface area contributed by atoms with Crippen molar-refractivity contribution in [1.82, 2.24) is 25.3 Å². The largest absolute Gasteiger partial charge is 0.355 e. The number of nitrogens with one attached hydrogen (secondary N) is 2. The van der Waals surface area contributed by atoms with Crippen LogP contribution in [0.1, 0.15) is 17.0 Å². The number of para-hydroxylation sites is 1. The van der Waals surface area contributed by atoms with Gasteiger partial charge in [0, 0.05) is 50.5 Å². The van der Waals surface area contributed by atoms with Crippen molar-refractivity contribution in [2.45, 2.75) is 20.3 Å². The molecule has 6 heteroatoms. The quantitative estimate of drug-likeness (QED) is 0.825. The molecule has 2 aromatic rings. The number of piperazine rings is 1. The predicted molar refractivity (Wildman–Crippen MR) is 99.1 cm³/mol. The molecule has 1 amide bonds. The molecule has 2 heterocycles. The van der Waals surface area contributed by atoms with Crippen molar-refractivity contribution in [2.24, 2.45) is 0 Å². The normalized spacial score (nSPS) is 15.3. The van der Waals surface area contributed by atoms with Gasteiger partial charge in [0.25, 0.3) is 0 Å². The minimum atomic E-state index is 0.0638. The van der Waals surface area contributed by atoms with Crippen LogP contribution >= 0.6 is 0 Å². The van der Waals surface area contributed by atoms with Gasteiger partial charge in [-0.15, -0.1) is 0 Å². The lowest BCUT2D eigenvalue weighted by Crippen LogP contribution is -2.46. The summed E-state index contributed by atoms with van der Waals surface area (Å²) in [5.41, 5.74) is 3.98. The molecule has 2 N–H and O–H groups in total. The Kier molecular flexibility index (Phi) is 5.83. The number of hydrogen-bond acceptors (Lipinski definition) is 4. The molecule has 0 atom stereocenters. The maximum atomic E-state index is 12.3. The number of aromatic nitrogens is 2. The van der Waals surface area contributed by atoms with Gasteiger partial charge in [0.15, 0.2) is 0 Å². The van der Waals surface area contributed by atoms with Gasteiger partial charge >= 0.3 is 0 Å². The molecule has 0 aliphatic carbocycles. The molecule has 0 unspecified atom stereocenters. The van der Waals surface area contributed by atoms with Gasteiger partial charge < -0.3 is 10.6 Å². The summed E-state index contributed by atoms with van der Waals surface area (Å²) < 4.78 is 1.92. The number of nitrogens with zero attached hydrogens (tertiary/aromatic N) is 3. The summed E-state index contributed by atoms with van der Waals surface area (Å²) in [6.07, 6.45) is 0.381. The molecule has 6 nitrogen and oxygen atoms in total. The third-order valence-corrected chi connectivity index (χ3v) is 4.74. The Morgan fingerprint density at radius 3 is 2.64 bits per heavy atom. The van der Waals surface area contributed by atoms with Crippen molar-refractivity contribution in [1.29, 1.82) is 0 Å². The maximum absolute atomic E-state index is 12.3. The highest BCUT2D eigenvalue weighted by Crippen LogP contribution is 2.18. The Morgan fingerprint density at radius 1 is 1.20 bits per heavy atom. The van der Waals surface area contributed by atoms with E-state index in [9.17, 15) is 4.79 Å². The zero-order chi connectivity index (χ0) is 17.6. The Hall–Kier alpha value is -2.18. The summed E-state index contributed by atoms with van der Waals surface area (Å²) in [6, 6.07) is 10.0. The monoisotopic (exact) mass is 341 g/mol. The molecular weight excluding hydrogens is 314 g/mol. The number of rotatable bonds is 6. The molecule has 1 saturated heterocycles. The van der Waals surface area contributed by atoms with Gasteiger partial charge in [-0.3, -0.25) is 9.69 Å². The van der Waals surface area contributed by atoms with Crippen LogP contribution in [0.3, 0.4) is 0 Å². The van der Waals surface area contributed by atoms with E-state index in [4.69, 9.17) is 0 Å². The molecule has 0 saturated carbocycles. The fourth-order valence-corrected chi connectivity index (χ4v) is 3.26. The van der Waals surface area contributed by atoms with Gasteiger partial charge in [0.1, 0.15) is 0 Å². The minimum absolute atomic E-state index is 0.0638. The Balaban J connectivity index is 1.57. The highest BCUT2D eigenvalue weighted by molar-refractivity contribution is 5.79. The topological polar surface area (TPSA) is 62.2 Å². The second kappa shape index (κ2) is 8.27. The van der Waals surface area contributed by atoms with E-state index in [0.29, 0.717) is 13.0 Å². The molecule has 1 aromatic carbocycles. The number of amides is 1. The number of carbonyl (C=O) groups excluding carboxylic acids is 1. The summed E-state index contributed by atoms with van der Waals surface area (Å²) in [5, 5.41) is 11.0. The average molecular weight is 341 g/mol. The van der Waals surface area contributed by atoms with Gasteiger partial charge in [-0.1, -0.05) is 18.2 Å². The van der Waals surface area contributed by atoms with Crippen LogP contribution in [0.5, 0.6) is 0 Å². The van der Waals surface area contributed by atoms with Crippen LogP contribution in [-0.2, 0) is 11.2 Å². The fraction of sp³-hybridized carbons (Fsp3) is 0.474. The summed E-state index contributed by atoms with van der Waals surface area (Å²) in [4.78, 5) is 14.7. The number of aryl methyl sites for hydroxylation is 1. The van der Waals surface area contributed by atoms with Crippen LogP contribution in [0.2, 0.25) is 0 Å². The lowest BCUT2D eigenvalue weighted by Gasteiger charge is -2.27. The third-order valence-electron chi connectivity index (χ3n) is 4.74. The van der Waals surface area contributed by atoms with Crippen molar-refractivity contribution >= 4 is 5.91 Å². The minimum Gasteiger partial charge on any atom is -0.355 e. The zero-order valence-electron chi connectivity index (χ0n) is 15.1. The first-order valence-corrected chi connectivity index (χ1v) is 8.95. The molecule has 0 bridgehead atoms. The fourth-order valence-electron chi connectivity index (χ4n) is 3.26. The predicted octanol–water partition coefficient (Wildman–Crippen LogP) is 1.05. The van der Waals surface area contributed by atoms with E-state index >= 15 is 0 Å². The van der Waals surface area contributed by atoms with Gasteiger partial charge in [-0.25, -0.2) is 4.68 Å². The molecular formula is C19H27N5O. The van der Waals surface area contributed by atoms with Gasteiger partial charge in [-0.2, -0.15) is 5.10 Å². The molecule has 1 aliphatic rings. The van der Waals surface area contributed by atoms with Crippen LogP contribution in [0.25, 0.3) is 5.69 Å². The average Bonchev–Trinajstić information content (AvgIpc) is 2.91. The van der Waals surface area contributed by atoms with Crippen LogP contribution in [0.15, 0.2) is 30.3 Å². The van der Waals surface area contributed by atoms with Crippen LogP contribution in [0.4, 0.5) is 0 Å². The van der Waals surface area contributed by atoms with Crippen LogP contribution in [-0.4, -0.2) is 59.9 Å². The number of carbonyl (C=O) groups is 1. The van der Waals surface area contributed by atoms with Gasteiger partial charge in [0.2, 0.25) is 5.91 Å². The standard InChI is InChI=1S/C19H27N5O/c1-15-18(16(2)24(22-15)17-6-4-3-5-7-17)14-19(25)21-10-13-23-11-8-20-9-12-23/h3-7,20H,8-14H2,1-2H3,(H,21,25). The van der Waals surface area contributed by atoms with Crippen molar-refractivity contribution in [3.8, 4) is 5.69 Å². The molecule has 0 radical (unpaired) electrons. The van der Waals surface area contributed by atoms with Crippen molar-refractivity contribution in [3.05, 3.63) is 47.3 Å². The highest BCUT2D eigenvalue weighted by Gasteiger charge is 2.16. The lowest BCUT2D eigenvalue weighted by atomic mass is 10.1. The van der Waals surface area contributed by atoms with Crippen molar-refractivity contribution in [2.75, 3.05) is 39.3 Å². The van der Waals surface area contributed by atoms with Crippen molar-refractivity contribution < 1.29 is 4.79 Å². The van der Waals surface area contributed by atoms with Crippen LogP contribution in [0, 0.1) is 13.8 Å². The van der Waals surface area contributed by atoms with E-state index in [1.54, 1.807) is 0 Å². The summed E-state index contributed by atoms with van der Waals surface area (Å²) in [7, 11) is 0. The second-order valence-corrected chi connectivity index (χ2v) is 6.52. The molecule has 1 fully saturated rings.